The molecule has 162 valence electrons. The van der Waals surface area contributed by atoms with Crippen molar-refractivity contribution in [1.29, 1.82) is 0 Å². The third-order valence-electron chi connectivity index (χ3n) is 4.70. The molecule has 0 aromatic heterocycles. The number of halogens is 4. The molecule has 30 heavy (non-hydrogen) atoms. The summed E-state index contributed by atoms with van der Waals surface area (Å²) in [6.07, 6.45) is -5.91. The zero-order chi connectivity index (χ0) is 22.4. The molecule has 0 saturated carbocycles. The summed E-state index contributed by atoms with van der Waals surface area (Å²) in [5, 5.41) is 0.324. The molecule has 0 saturated heterocycles. The van der Waals surface area contributed by atoms with Gasteiger partial charge in [-0.05, 0) is 48.4 Å². The van der Waals surface area contributed by atoms with Crippen molar-refractivity contribution in [1.82, 2.24) is 4.90 Å². The van der Waals surface area contributed by atoms with E-state index in [0.29, 0.717) is 10.7 Å². The first-order valence-corrected chi connectivity index (χ1v) is 11.0. The number of benzene rings is 2. The van der Waals surface area contributed by atoms with E-state index in [0.717, 1.165) is 42.5 Å². The Hall–Kier alpha value is -2.46. The molecule has 0 spiro atoms. The fourth-order valence-electron chi connectivity index (χ4n) is 3.02. The standard InChI is InChI=1S/C19H18ClF3N2O4S/c1-10(19(21,22)23)29-17-4-3-13(30(2,27)28)7-14(17)18(26)25-8-11-5-15(20)16(24)6-12(11)9-25/h3-7,10H,8-9,24H2,1-2H3. The van der Waals surface area contributed by atoms with Gasteiger partial charge < -0.3 is 15.4 Å². The molecule has 0 radical (unpaired) electrons. The quantitative estimate of drug-likeness (QED) is 0.698. The first-order valence-electron chi connectivity index (χ1n) is 8.71. The van der Waals surface area contributed by atoms with E-state index in [9.17, 15) is 26.4 Å². The number of nitrogen functional groups attached to an aromatic ring is 1. The van der Waals surface area contributed by atoms with E-state index in [-0.39, 0.29) is 29.3 Å². The van der Waals surface area contributed by atoms with Crippen molar-refractivity contribution in [2.75, 3.05) is 12.0 Å². The van der Waals surface area contributed by atoms with Crippen LogP contribution in [0, 0.1) is 0 Å². The zero-order valence-electron chi connectivity index (χ0n) is 16.0. The van der Waals surface area contributed by atoms with Crippen LogP contribution in [0.5, 0.6) is 5.75 Å². The second-order valence-electron chi connectivity index (χ2n) is 7.04. The Morgan fingerprint density at radius 1 is 1.20 bits per heavy atom. The SMILES string of the molecule is CC(Oc1ccc(S(C)(=O)=O)cc1C(=O)N1Cc2cc(N)c(Cl)cc2C1)C(F)(F)F. The van der Waals surface area contributed by atoms with Gasteiger partial charge in [-0.3, -0.25) is 4.79 Å². The Labute approximate surface area is 176 Å². The number of alkyl halides is 3. The summed E-state index contributed by atoms with van der Waals surface area (Å²) >= 11 is 6.01. The van der Waals surface area contributed by atoms with Gasteiger partial charge in [-0.2, -0.15) is 13.2 Å². The first kappa shape index (κ1) is 22.2. The number of sulfone groups is 1. The number of rotatable bonds is 4. The highest BCUT2D eigenvalue weighted by Crippen LogP contribution is 2.34. The molecular formula is C19H18ClF3N2O4S. The molecule has 1 atom stereocenters. The molecule has 2 aromatic carbocycles. The summed E-state index contributed by atoms with van der Waals surface area (Å²) in [7, 11) is -3.70. The van der Waals surface area contributed by atoms with Crippen LogP contribution >= 0.6 is 11.6 Å². The molecule has 1 amide bonds. The number of amides is 1. The lowest BCUT2D eigenvalue weighted by atomic mass is 10.1. The Balaban J connectivity index is 1.99. The van der Waals surface area contributed by atoms with Crippen LogP contribution in [0.1, 0.15) is 28.4 Å². The summed E-state index contributed by atoms with van der Waals surface area (Å²) in [6, 6.07) is 6.44. The number of carbonyl (C=O) groups excluding carboxylic acids is 1. The Morgan fingerprint density at radius 2 is 1.80 bits per heavy atom. The molecule has 0 bridgehead atoms. The van der Waals surface area contributed by atoms with Crippen LogP contribution in [0.2, 0.25) is 5.02 Å². The molecule has 2 aromatic rings. The van der Waals surface area contributed by atoms with E-state index in [1.165, 1.54) is 4.90 Å². The van der Waals surface area contributed by atoms with Gasteiger partial charge in [0, 0.05) is 19.3 Å². The molecule has 0 fully saturated rings. The largest absolute Gasteiger partial charge is 0.480 e. The van der Waals surface area contributed by atoms with E-state index in [4.69, 9.17) is 22.1 Å². The van der Waals surface area contributed by atoms with Crippen molar-refractivity contribution in [3.63, 3.8) is 0 Å². The third kappa shape index (κ3) is 4.49. The van der Waals surface area contributed by atoms with Crippen molar-refractivity contribution in [3.05, 3.63) is 52.0 Å². The Kier molecular flexibility index (Phi) is 5.68. The lowest BCUT2D eigenvalue weighted by Crippen LogP contribution is -2.32. The minimum atomic E-state index is -4.66. The minimum absolute atomic E-state index is 0.144. The number of carbonyl (C=O) groups is 1. The topological polar surface area (TPSA) is 89.7 Å². The fraction of sp³-hybridized carbons (Fsp3) is 0.316. The summed E-state index contributed by atoms with van der Waals surface area (Å²) in [4.78, 5) is 14.3. The van der Waals surface area contributed by atoms with Crippen LogP contribution in [0.25, 0.3) is 0 Å². The fourth-order valence-corrected chi connectivity index (χ4v) is 3.85. The number of nitrogens with two attached hydrogens (primary N) is 1. The average molecular weight is 463 g/mol. The predicted octanol–water partition coefficient (Wildman–Crippen LogP) is 3.81. The van der Waals surface area contributed by atoms with Crippen molar-refractivity contribution < 1.29 is 31.1 Å². The maximum Gasteiger partial charge on any atom is 0.425 e. The summed E-state index contributed by atoms with van der Waals surface area (Å²) in [5.41, 5.74) is 7.34. The van der Waals surface area contributed by atoms with Crippen LogP contribution in [0.3, 0.4) is 0 Å². The molecule has 11 heteroatoms. The molecule has 1 aliphatic heterocycles. The first-order chi connectivity index (χ1) is 13.8. The van der Waals surface area contributed by atoms with E-state index in [1.807, 2.05) is 0 Å². The van der Waals surface area contributed by atoms with E-state index in [2.05, 4.69) is 0 Å². The Morgan fingerprint density at radius 3 is 2.37 bits per heavy atom. The second-order valence-corrected chi connectivity index (χ2v) is 9.46. The van der Waals surface area contributed by atoms with Gasteiger partial charge in [0.2, 0.25) is 0 Å². The van der Waals surface area contributed by atoms with Crippen LogP contribution in [-0.2, 0) is 22.9 Å². The smallest absolute Gasteiger partial charge is 0.425 e. The van der Waals surface area contributed by atoms with E-state index < -0.39 is 28.0 Å². The van der Waals surface area contributed by atoms with Crippen LogP contribution < -0.4 is 10.5 Å². The highest BCUT2D eigenvalue weighted by molar-refractivity contribution is 7.90. The predicted molar refractivity (Wildman–Crippen MR) is 105 cm³/mol. The molecule has 3 rings (SSSR count). The van der Waals surface area contributed by atoms with Gasteiger partial charge in [0.05, 0.1) is 21.2 Å². The van der Waals surface area contributed by atoms with E-state index >= 15 is 0 Å². The lowest BCUT2D eigenvalue weighted by Gasteiger charge is -2.22. The van der Waals surface area contributed by atoms with Gasteiger partial charge in [0.25, 0.3) is 5.91 Å². The van der Waals surface area contributed by atoms with Crippen molar-refractivity contribution >= 4 is 33.0 Å². The second kappa shape index (κ2) is 7.66. The van der Waals surface area contributed by atoms with Crippen molar-refractivity contribution in [2.24, 2.45) is 0 Å². The van der Waals surface area contributed by atoms with E-state index in [1.54, 1.807) is 12.1 Å². The normalized spacial score (nSPS) is 15.1. The molecular weight excluding hydrogens is 445 g/mol. The number of hydrogen-bond acceptors (Lipinski definition) is 5. The van der Waals surface area contributed by atoms with Gasteiger partial charge in [0.1, 0.15) is 5.75 Å². The van der Waals surface area contributed by atoms with Crippen LogP contribution in [-0.4, -0.2) is 37.8 Å². The van der Waals surface area contributed by atoms with Gasteiger partial charge in [-0.1, -0.05) is 11.6 Å². The van der Waals surface area contributed by atoms with Crippen molar-refractivity contribution in [3.8, 4) is 5.75 Å². The Bertz CT molecular complexity index is 1090. The number of hydrogen-bond donors (Lipinski definition) is 1. The van der Waals surface area contributed by atoms with Gasteiger partial charge in [-0.15, -0.1) is 0 Å². The average Bonchev–Trinajstić information content (AvgIpc) is 3.02. The molecule has 2 N–H and O–H groups in total. The van der Waals surface area contributed by atoms with Gasteiger partial charge >= 0.3 is 6.18 Å². The van der Waals surface area contributed by atoms with Crippen LogP contribution in [0.4, 0.5) is 18.9 Å². The lowest BCUT2D eigenvalue weighted by molar-refractivity contribution is -0.189. The number of fused-ring (bicyclic) bond motifs is 1. The summed E-state index contributed by atoms with van der Waals surface area (Å²) in [6.45, 7) is 1.09. The molecule has 6 nitrogen and oxygen atoms in total. The van der Waals surface area contributed by atoms with Gasteiger partial charge in [-0.25, -0.2) is 8.42 Å². The maximum atomic E-state index is 13.1. The van der Waals surface area contributed by atoms with Crippen LogP contribution in [0.15, 0.2) is 35.2 Å². The maximum absolute atomic E-state index is 13.1. The number of nitrogens with zero attached hydrogens (tertiary/aromatic N) is 1. The van der Waals surface area contributed by atoms with Crippen molar-refractivity contribution in [2.45, 2.75) is 37.2 Å². The van der Waals surface area contributed by atoms with Gasteiger partial charge in [0.15, 0.2) is 15.9 Å². The summed E-state index contributed by atoms with van der Waals surface area (Å²) in [5.74, 6) is -1.03. The minimum Gasteiger partial charge on any atom is -0.480 e. The molecule has 1 aliphatic rings. The molecule has 1 unspecified atom stereocenters. The zero-order valence-corrected chi connectivity index (χ0v) is 17.5. The number of ether oxygens (including phenoxy) is 1. The highest BCUT2D eigenvalue weighted by Gasteiger charge is 2.39. The molecule has 0 aliphatic carbocycles. The monoisotopic (exact) mass is 462 g/mol. The molecule has 1 heterocycles. The highest BCUT2D eigenvalue weighted by atomic mass is 35.5. The number of anilines is 1. The third-order valence-corrected chi connectivity index (χ3v) is 6.14. The summed E-state index contributed by atoms with van der Waals surface area (Å²) < 4.78 is 67.6.